The zero-order valence-electron chi connectivity index (χ0n) is 8.45. The van der Waals surface area contributed by atoms with E-state index in [-0.39, 0.29) is 16.2 Å². The first-order valence-corrected chi connectivity index (χ1v) is 6.18. The molecule has 1 aliphatic rings. The maximum absolute atomic E-state index is 11.9. The zero-order chi connectivity index (χ0) is 11.5. The van der Waals surface area contributed by atoms with Crippen molar-refractivity contribution in [3.05, 3.63) is 24.3 Å². The second kappa shape index (κ2) is 4.90. The summed E-state index contributed by atoms with van der Waals surface area (Å²) >= 11 is 0. The van der Waals surface area contributed by atoms with Gasteiger partial charge in [-0.15, -0.1) is 10.5 Å². The number of nitrogens with two attached hydrogens (primary N) is 1. The monoisotopic (exact) mass is 246 g/mol. The first-order valence-electron chi connectivity index (χ1n) is 4.79. The molecule has 0 spiro atoms. The lowest BCUT2D eigenvalue weighted by molar-refractivity contribution is -0.0498. The number of hydrogen-bond acceptors (Lipinski definition) is 3. The minimum Gasteiger partial charge on any atom is -0.435 e. The van der Waals surface area contributed by atoms with Crippen molar-refractivity contribution in [1.29, 1.82) is 0 Å². The van der Waals surface area contributed by atoms with E-state index in [2.05, 4.69) is 10.1 Å². The molecule has 0 saturated carbocycles. The molecule has 88 valence electrons. The molecule has 3 N–H and O–H groups in total. The molecule has 0 aliphatic carbocycles. The predicted octanol–water partition coefficient (Wildman–Crippen LogP) is 1.57. The van der Waals surface area contributed by atoms with Crippen LogP contribution in [0.3, 0.4) is 0 Å². The highest BCUT2D eigenvalue weighted by molar-refractivity contribution is 8.16. The largest absolute Gasteiger partial charge is 0.435 e. The molecule has 0 bridgehead atoms. The van der Waals surface area contributed by atoms with Crippen molar-refractivity contribution in [2.75, 3.05) is 12.3 Å². The van der Waals surface area contributed by atoms with Crippen molar-refractivity contribution in [3.8, 4) is 5.75 Å². The van der Waals surface area contributed by atoms with E-state index in [9.17, 15) is 8.78 Å². The van der Waals surface area contributed by atoms with Gasteiger partial charge >= 0.3 is 6.61 Å². The Morgan fingerprint density at radius 1 is 1.31 bits per heavy atom. The fraction of sp³-hybridized carbons (Fsp3) is 0.300. The van der Waals surface area contributed by atoms with E-state index in [1.165, 1.54) is 0 Å². The summed E-state index contributed by atoms with van der Waals surface area (Å²) in [7, 11) is -0.116. The molecule has 0 amide bonds. The Morgan fingerprint density at radius 3 is 2.50 bits per heavy atom. The molecule has 1 heterocycles. The molecule has 6 heteroatoms. The minimum absolute atomic E-state index is 0.116. The zero-order valence-corrected chi connectivity index (χ0v) is 9.27. The van der Waals surface area contributed by atoms with Crippen LogP contribution >= 0.6 is 10.5 Å². The molecule has 2 rings (SSSR count). The second-order valence-electron chi connectivity index (χ2n) is 3.24. The molecule has 3 nitrogen and oxygen atoms in total. The average molecular weight is 246 g/mol. The highest BCUT2D eigenvalue weighted by atomic mass is 32.2. The summed E-state index contributed by atoms with van der Waals surface area (Å²) in [5, 5.41) is 3.84. The number of rotatable bonds is 3. The lowest BCUT2D eigenvalue weighted by Gasteiger charge is -2.07. The Kier molecular flexibility index (Phi) is 3.52. The first kappa shape index (κ1) is 11.5. The van der Waals surface area contributed by atoms with Gasteiger partial charge in [-0.05, 0) is 24.3 Å². The molecule has 1 unspecified atom stereocenters. The topological polar surface area (TPSA) is 47.3 Å². The van der Waals surface area contributed by atoms with Gasteiger partial charge in [-0.2, -0.15) is 8.78 Å². The Hall–Kier alpha value is -0.980. The number of halogens is 2. The molecule has 1 aromatic carbocycles. The second-order valence-corrected chi connectivity index (χ2v) is 5.34. The summed E-state index contributed by atoms with van der Waals surface area (Å²) in [6.45, 7) is -1.91. The number of benzene rings is 1. The van der Waals surface area contributed by atoms with E-state index in [1.54, 1.807) is 24.3 Å². The summed E-state index contributed by atoms with van der Waals surface area (Å²) in [5.41, 5.74) is 5.80. The summed E-state index contributed by atoms with van der Waals surface area (Å²) in [5.74, 6) is 1.13. The molecule has 0 radical (unpaired) electrons. The number of hydrogen-bond donors (Lipinski definition) is 2. The number of alkyl halides is 2. The Morgan fingerprint density at radius 2 is 2.00 bits per heavy atom. The molecule has 1 atom stereocenters. The maximum Gasteiger partial charge on any atom is 0.387 e. The standard InChI is InChI=1S/C10H12F2N2OS/c11-9(12)15-7-1-3-8(4-2-7)16-6-5-14-10(16)13/h1-4,9,14H,5-6,13H2. The van der Waals surface area contributed by atoms with Crippen molar-refractivity contribution in [1.82, 2.24) is 5.32 Å². The van der Waals surface area contributed by atoms with Crippen LogP contribution in [0.4, 0.5) is 8.78 Å². The average Bonchev–Trinajstić information content (AvgIpc) is 2.65. The smallest absolute Gasteiger partial charge is 0.387 e. The molecule has 0 fully saturated rings. The van der Waals surface area contributed by atoms with Crippen LogP contribution in [0.5, 0.6) is 5.75 Å². The van der Waals surface area contributed by atoms with Gasteiger partial charge in [-0.1, -0.05) is 0 Å². The lowest BCUT2D eigenvalue weighted by atomic mass is 10.3. The van der Waals surface area contributed by atoms with E-state index in [0.29, 0.717) is 0 Å². The Balaban J connectivity index is 2.16. The van der Waals surface area contributed by atoms with Gasteiger partial charge in [0.2, 0.25) is 0 Å². The SMILES string of the molecule is NC1=S(c2ccc(OC(F)F)cc2)CCN1. The van der Waals surface area contributed by atoms with Crippen molar-refractivity contribution in [2.24, 2.45) is 5.73 Å². The van der Waals surface area contributed by atoms with Crippen molar-refractivity contribution < 1.29 is 13.5 Å². The maximum atomic E-state index is 11.9. The van der Waals surface area contributed by atoms with Gasteiger partial charge in [-0.3, -0.25) is 11.1 Å². The van der Waals surface area contributed by atoms with Gasteiger partial charge in [0.1, 0.15) is 5.75 Å². The molecule has 16 heavy (non-hydrogen) atoms. The summed E-state index contributed by atoms with van der Waals surface area (Å²) < 4.78 is 28.1. The molecule has 1 aliphatic heterocycles. The molecular formula is C10H12F2N2OS. The van der Waals surface area contributed by atoms with Crippen LogP contribution in [-0.2, 0) is 0 Å². The Bertz CT molecular complexity index is 406. The van der Waals surface area contributed by atoms with Gasteiger partial charge in [0, 0.05) is 17.2 Å². The summed E-state index contributed by atoms with van der Waals surface area (Å²) in [6.07, 6.45) is 0. The highest BCUT2D eigenvalue weighted by Gasteiger charge is 2.11. The minimum atomic E-state index is -2.78. The van der Waals surface area contributed by atoms with Crippen LogP contribution in [0.2, 0.25) is 0 Å². The third-order valence-corrected chi connectivity index (χ3v) is 4.33. The number of nitrogens with one attached hydrogen (secondary N) is 1. The van der Waals surface area contributed by atoms with E-state index in [1.807, 2.05) is 0 Å². The lowest BCUT2D eigenvalue weighted by Crippen LogP contribution is -2.26. The summed E-state index contributed by atoms with van der Waals surface area (Å²) in [6, 6.07) is 6.64. The van der Waals surface area contributed by atoms with E-state index in [4.69, 9.17) is 5.73 Å². The predicted molar refractivity (Wildman–Crippen MR) is 61.0 cm³/mol. The normalized spacial score (nSPS) is 20.5. The van der Waals surface area contributed by atoms with E-state index >= 15 is 0 Å². The van der Waals surface area contributed by atoms with Gasteiger partial charge in [0.25, 0.3) is 0 Å². The first-order chi connectivity index (χ1) is 7.66. The molecule has 0 saturated heterocycles. The quantitative estimate of drug-likeness (QED) is 0.796. The third-order valence-electron chi connectivity index (χ3n) is 2.20. The van der Waals surface area contributed by atoms with Gasteiger partial charge in [0.05, 0.1) is 5.11 Å². The van der Waals surface area contributed by atoms with Crippen molar-refractivity contribution >= 4 is 15.6 Å². The molecular weight excluding hydrogens is 234 g/mol. The van der Waals surface area contributed by atoms with E-state index < -0.39 is 6.61 Å². The number of ether oxygens (including phenoxy) is 1. The fourth-order valence-corrected chi connectivity index (χ4v) is 3.26. The molecule has 0 aromatic heterocycles. The van der Waals surface area contributed by atoms with Crippen LogP contribution < -0.4 is 15.8 Å². The third kappa shape index (κ3) is 2.58. The van der Waals surface area contributed by atoms with Gasteiger partial charge < -0.3 is 4.74 Å². The van der Waals surface area contributed by atoms with Crippen LogP contribution in [0.1, 0.15) is 0 Å². The van der Waals surface area contributed by atoms with Crippen molar-refractivity contribution in [3.63, 3.8) is 0 Å². The van der Waals surface area contributed by atoms with Gasteiger partial charge in [0.15, 0.2) is 0 Å². The highest BCUT2D eigenvalue weighted by Crippen LogP contribution is 2.30. The Labute approximate surface area is 94.5 Å². The van der Waals surface area contributed by atoms with Crippen LogP contribution in [0, 0.1) is 0 Å². The fourth-order valence-electron chi connectivity index (χ4n) is 1.50. The summed E-state index contributed by atoms with van der Waals surface area (Å²) in [4.78, 5) is 1.05. The van der Waals surface area contributed by atoms with Crippen molar-refractivity contribution in [2.45, 2.75) is 11.5 Å². The van der Waals surface area contributed by atoms with Crippen LogP contribution in [-0.4, -0.2) is 24.0 Å². The van der Waals surface area contributed by atoms with Crippen LogP contribution in [0.25, 0.3) is 0 Å². The van der Waals surface area contributed by atoms with Crippen LogP contribution in [0.15, 0.2) is 29.2 Å². The van der Waals surface area contributed by atoms with E-state index in [0.717, 1.165) is 22.3 Å². The molecule has 1 aromatic rings. The van der Waals surface area contributed by atoms with Gasteiger partial charge in [-0.25, -0.2) is 0 Å².